The van der Waals surface area contributed by atoms with E-state index in [9.17, 15) is 14.7 Å². The van der Waals surface area contributed by atoms with E-state index in [1.165, 1.54) is 16.9 Å². The van der Waals surface area contributed by atoms with E-state index in [2.05, 4.69) is 13.8 Å². The Morgan fingerprint density at radius 3 is 2.43 bits per heavy atom. The summed E-state index contributed by atoms with van der Waals surface area (Å²) < 4.78 is 0. The summed E-state index contributed by atoms with van der Waals surface area (Å²) in [6.07, 6.45) is 0. The van der Waals surface area contributed by atoms with E-state index >= 15 is 0 Å². The minimum atomic E-state index is -0.580. The molecule has 2 aromatic rings. The van der Waals surface area contributed by atoms with Gasteiger partial charge in [0, 0.05) is 13.1 Å². The first-order chi connectivity index (χ1) is 13.3. The number of carbonyl (C=O) groups is 2. The van der Waals surface area contributed by atoms with Gasteiger partial charge in [-0.3, -0.25) is 9.59 Å². The van der Waals surface area contributed by atoms with E-state index in [0.29, 0.717) is 23.9 Å². The maximum absolute atomic E-state index is 13.1. The van der Waals surface area contributed by atoms with Crippen LogP contribution in [0.15, 0.2) is 53.1 Å². The largest absolute Gasteiger partial charge is 0.503 e. The quantitative estimate of drug-likeness (QED) is 0.716. The zero-order valence-corrected chi connectivity index (χ0v) is 17.5. The third kappa shape index (κ3) is 3.88. The maximum Gasteiger partial charge on any atom is 0.290 e. The Labute approximate surface area is 169 Å². The molecule has 0 fully saturated rings. The number of amides is 1. The summed E-state index contributed by atoms with van der Waals surface area (Å²) in [5.41, 5.74) is 2.19. The highest BCUT2D eigenvalue weighted by Crippen LogP contribution is 2.39. The molecule has 148 valence electrons. The smallest absolute Gasteiger partial charge is 0.290 e. The van der Waals surface area contributed by atoms with Crippen LogP contribution < -0.4 is 0 Å². The van der Waals surface area contributed by atoms with Gasteiger partial charge < -0.3 is 14.9 Å². The average molecular weight is 399 g/mol. The number of ketones is 1. The van der Waals surface area contributed by atoms with Gasteiger partial charge in [-0.15, -0.1) is 11.3 Å². The molecule has 0 saturated heterocycles. The van der Waals surface area contributed by atoms with E-state index in [-0.39, 0.29) is 11.4 Å². The molecule has 0 bridgehead atoms. The van der Waals surface area contributed by atoms with Crippen LogP contribution in [-0.2, 0) is 4.79 Å². The minimum Gasteiger partial charge on any atom is -0.503 e. The van der Waals surface area contributed by atoms with Crippen LogP contribution in [0, 0.1) is 0 Å². The van der Waals surface area contributed by atoms with Crippen molar-refractivity contribution in [2.45, 2.75) is 25.8 Å². The van der Waals surface area contributed by atoms with Gasteiger partial charge in [0.1, 0.15) is 0 Å². The molecule has 0 spiro atoms. The fourth-order valence-electron chi connectivity index (χ4n) is 3.37. The van der Waals surface area contributed by atoms with E-state index in [1.54, 1.807) is 17.0 Å². The van der Waals surface area contributed by atoms with Gasteiger partial charge in [-0.2, -0.15) is 0 Å². The SMILES string of the molecule is CC(C)c1ccc([C@@H]2C(C(=O)c3cccs3)=C(O)C(=O)N2CCN(C)C)cc1. The van der Waals surface area contributed by atoms with Crippen molar-refractivity contribution in [1.29, 1.82) is 0 Å². The molecule has 1 amide bonds. The lowest BCUT2D eigenvalue weighted by atomic mass is 9.93. The summed E-state index contributed by atoms with van der Waals surface area (Å²) in [5.74, 6) is -0.818. The van der Waals surface area contributed by atoms with Gasteiger partial charge in [-0.05, 0) is 42.6 Å². The number of hydrogen-bond donors (Lipinski definition) is 1. The second-order valence-electron chi connectivity index (χ2n) is 7.59. The standard InChI is InChI=1S/C22H26N2O3S/c1-14(2)15-7-9-16(10-8-15)19-18(20(25)17-6-5-13-28-17)21(26)22(27)24(19)12-11-23(3)4/h5-10,13-14,19,26H,11-12H2,1-4H3/t19-/m1/s1. The Balaban J connectivity index is 2.04. The number of aliphatic hydroxyl groups is 1. The minimum absolute atomic E-state index is 0.170. The fraction of sp³-hybridized carbons (Fsp3) is 0.364. The van der Waals surface area contributed by atoms with Gasteiger partial charge >= 0.3 is 0 Å². The Morgan fingerprint density at radius 2 is 1.89 bits per heavy atom. The van der Waals surface area contributed by atoms with Crippen molar-refractivity contribution in [2.24, 2.45) is 0 Å². The second-order valence-corrected chi connectivity index (χ2v) is 8.54. The third-order valence-electron chi connectivity index (χ3n) is 5.00. The van der Waals surface area contributed by atoms with Gasteiger partial charge in [0.2, 0.25) is 5.78 Å². The zero-order valence-electron chi connectivity index (χ0n) is 16.7. The fourth-order valence-corrected chi connectivity index (χ4v) is 4.05. The maximum atomic E-state index is 13.1. The van der Waals surface area contributed by atoms with Crippen molar-refractivity contribution in [1.82, 2.24) is 9.80 Å². The lowest BCUT2D eigenvalue weighted by molar-refractivity contribution is -0.129. The number of Topliss-reactive ketones (excluding diaryl/α,β-unsaturated/α-hetero) is 1. The molecule has 3 rings (SSSR count). The Morgan fingerprint density at radius 1 is 1.21 bits per heavy atom. The molecule has 6 heteroatoms. The molecule has 28 heavy (non-hydrogen) atoms. The molecule has 1 atom stereocenters. The van der Waals surface area contributed by atoms with Crippen LogP contribution in [0.5, 0.6) is 0 Å². The number of hydrogen-bond acceptors (Lipinski definition) is 5. The Kier molecular flexibility index (Phi) is 6.01. The van der Waals surface area contributed by atoms with E-state index in [1.807, 2.05) is 48.6 Å². The average Bonchev–Trinajstić information content (AvgIpc) is 3.28. The number of carbonyl (C=O) groups excluding carboxylic acids is 2. The van der Waals surface area contributed by atoms with Crippen LogP contribution in [-0.4, -0.2) is 53.8 Å². The number of benzene rings is 1. The highest BCUT2D eigenvalue weighted by molar-refractivity contribution is 7.12. The van der Waals surface area contributed by atoms with Crippen molar-refractivity contribution >= 4 is 23.0 Å². The summed E-state index contributed by atoms with van der Waals surface area (Å²) in [4.78, 5) is 30.0. The van der Waals surface area contributed by atoms with E-state index in [4.69, 9.17) is 0 Å². The zero-order chi connectivity index (χ0) is 20.4. The molecule has 0 aliphatic carbocycles. The van der Waals surface area contributed by atoms with Crippen molar-refractivity contribution in [3.63, 3.8) is 0 Å². The lowest BCUT2D eigenvalue weighted by Gasteiger charge is -2.28. The van der Waals surface area contributed by atoms with Crippen LogP contribution in [0.1, 0.15) is 46.6 Å². The van der Waals surface area contributed by atoms with Crippen LogP contribution in [0.2, 0.25) is 0 Å². The molecule has 5 nitrogen and oxygen atoms in total. The lowest BCUT2D eigenvalue weighted by Crippen LogP contribution is -2.36. The first kappa shape index (κ1) is 20.3. The van der Waals surface area contributed by atoms with Crippen molar-refractivity contribution in [3.05, 3.63) is 69.1 Å². The highest BCUT2D eigenvalue weighted by Gasteiger charge is 2.43. The van der Waals surface area contributed by atoms with Gasteiger partial charge in [0.05, 0.1) is 16.5 Å². The number of likely N-dealkylation sites (N-methyl/N-ethyl adjacent to an activating group) is 1. The molecular weight excluding hydrogens is 372 g/mol. The normalized spacial score (nSPS) is 17.3. The highest BCUT2D eigenvalue weighted by atomic mass is 32.1. The molecule has 1 aliphatic heterocycles. The monoisotopic (exact) mass is 398 g/mol. The first-order valence-corrected chi connectivity index (χ1v) is 10.3. The Hall–Kier alpha value is -2.44. The van der Waals surface area contributed by atoms with Gasteiger partial charge in [0.15, 0.2) is 5.76 Å². The van der Waals surface area contributed by atoms with Crippen LogP contribution in [0.3, 0.4) is 0 Å². The number of thiophene rings is 1. The molecule has 1 aliphatic rings. The first-order valence-electron chi connectivity index (χ1n) is 9.38. The molecule has 1 N–H and O–H groups in total. The third-order valence-corrected chi connectivity index (χ3v) is 5.87. The van der Waals surface area contributed by atoms with Crippen molar-refractivity contribution in [3.8, 4) is 0 Å². The summed E-state index contributed by atoms with van der Waals surface area (Å²) in [6.45, 7) is 5.30. The van der Waals surface area contributed by atoms with Gasteiger partial charge in [-0.25, -0.2) is 0 Å². The van der Waals surface area contributed by atoms with Crippen LogP contribution >= 0.6 is 11.3 Å². The predicted octanol–water partition coefficient (Wildman–Crippen LogP) is 4.01. The number of aliphatic hydroxyl groups excluding tert-OH is 1. The molecule has 2 heterocycles. The van der Waals surface area contributed by atoms with Crippen LogP contribution in [0.4, 0.5) is 0 Å². The van der Waals surface area contributed by atoms with E-state index < -0.39 is 17.7 Å². The van der Waals surface area contributed by atoms with E-state index in [0.717, 1.165) is 5.56 Å². The second kappa shape index (κ2) is 8.29. The van der Waals surface area contributed by atoms with Crippen LogP contribution in [0.25, 0.3) is 0 Å². The molecule has 0 saturated carbocycles. The molecule has 0 unspecified atom stereocenters. The summed E-state index contributed by atoms with van der Waals surface area (Å²) >= 11 is 1.31. The summed E-state index contributed by atoms with van der Waals surface area (Å²) in [5, 5.41) is 12.4. The number of nitrogens with zero attached hydrogens (tertiary/aromatic N) is 2. The van der Waals surface area contributed by atoms with Gasteiger partial charge in [-0.1, -0.05) is 44.2 Å². The number of rotatable bonds is 7. The molecule has 1 aromatic carbocycles. The Bertz CT molecular complexity index is 883. The summed E-state index contributed by atoms with van der Waals surface area (Å²) in [6, 6.07) is 10.9. The predicted molar refractivity (Wildman–Crippen MR) is 112 cm³/mol. The topological polar surface area (TPSA) is 60.9 Å². The summed E-state index contributed by atoms with van der Waals surface area (Å²) in [7, 11) is 3.86. The van der Waals surface area contributed by atoms with Crippen molar-refractivity contribution in [2.75, 3.05) is 27.2 Å². The molecule has 1 aromatic heterocycles. The molecule has 0 radical (unpaired) electrons. The van der Waals surface area contributed by atoms with Gasteiger partial charge in [0.25, 0.3) is 5.91 Å². The molecular formula is C22H26N2O3S. The van der Waals surface area contributed by atoms with Crippen molar-refractivity contribution < 1.29 is 14.7 Å².